The van der Waals surface area contributed by atoms with Crippen molar-refractivity contribution < 1.29 is 9.90 Å². The van der Waals surface area contributed by atoms with Crippen molar-refractivity contribution in [2.24, 2.45) is 5.92 Å². The zero-order chi connectivity index (χ0) is 15.1. The van der Waals surface area contributed by atoms with E-state index >= 15 is 0 Å². The summed E-state index contributed by atoms with van der Waals surface area (Å²) in [6.45, 7) is 2.82. The Bertz CT molecular complexity index is 447. The van der Waals surface area contributed by atoms with Gasteiger partial charge >= 0.3 is 0 Å². The fourth-order valence-corrected chi connectivity index (χ4v) is 3.39. The molecular formula is C17H25NO2S. The molecule has 4 heteroatoms. The molecule has 2 N–H and O–H groups in total. The van der Waals surface area contributed by atoms with E-state index in [-0.39, 0.29) is 12.0 Å². The molecule has 2 atom stereocenters. The molecule has 2 unspecified atom stereocenters. The zero-order valence-corrected chi connectivity index (χ0v) is 13.5. The van der Waals surface area contributed by atoms with E-state index in [4.69, 9.17) is 0 Å². The summed E-state index contributed by atoms with van der Waals surface area (Å²) in [6.07, 6.45) is 3.70. The second-order valence-corrected chi connectivity index (χ2v) is 7.00. The molecule has 0 spiro atoms. The highest BCUT2D eigenvalue weighted by atomic mass is 32.2. The second-order valence-electron chi connectivity index (χ2n) is 5.73. The summed E-state index contributed by atoms with van der Waals surface area (Å²) in [5.74, 6) is 2.51. The van der Waals surface area contributed by atoms with Gasteiger partial charge in [-0.15, -0.1) is 0 Å². The Balaban J connectivity index is 1.79. The number of hydrogen-bond donors (Lipinski definition) is 2. The zero-order valence-electron chi connectivity index (χ0n) is 12.7. The SMILES string of the molecule is CCSCc1ccc(C(=O)NCC2CCCC(O)C2)cc1. The quantitative estimate of drug-likeness (QED) is 0.848. The van der Waals surface area contributed by atoms with Gasteiger partial charge in [0.1, 0.15) is 0 Å². The van der Waals surface area contributed by atoms with Crippen LogP contribution in [0.2, 0.25) is 0 Å². The molecule has 116 valence electrons. The van der Waals surface area contributed by atoms with E-state index in [0.29, 0.717) is 12.5 Å². The number of aliphatic hydroxyl groups excluding tert-OH is 1. The van der Waals surface area contributed by atoms with Crippen molar-refractivity contribution in [3.63, 3.8) is 0 Å². The molecule has 1 fully saturated rings. The number of amides is 1. The number of thioether (sulfide) groups is 1. The van der Waals surface area contributed by atoms with Crippen molar-refractivity contribution in [3.8, 4) is 0 Å². The molecule has 0 radical (unpaired) electrons. The van der Waals surface area contributed by atoms with Crippen LogP contribution in [0.4, 0.5) is 0 Å². The van der Waals surface area contributed by atoms with E-state index < -0.39 is 0 Å². The number of carbonyl (C=O) groups is 1. The second kappa shape index (κ2) is 8.44. The van der Waals surface area contributed by atoms with Crippen LogP contribution < -0.4 is 5.32 Å². The van der Waals surface area contributed by atoms with Crippen molar-refractivity contribution >= 4 is 17.7 Å². The molecule has 0 heterocycles. The highest BCUT2D eigenvalue weighted by Crippen LogP contribution is 2.23. The summed E-state index contributed by atoms with van der Waals surface area (Å²) < 4.78 is 0. The third-order valence-corrected chi connectivity index (χ3v) is 4.94. The molecule has 0 saturated heterocycles. The first-order valence-electron chi connectivity index (χ1n) is 7.82. The number of benzene rings is 1. The number of carbonyl (C=O) groups excluding carboxylic acids is 1. The maximum absolute atomic E-state index is 12.1. The number of hydrogen-bond acceptors (Lipinski definition) is 3. The molecular weight excluding hydrogens is 282 g/mol. The Hall–Kier alpha value is -1.00. The summed E-state index contributed by atoms with van der Waals surface area (Å²) >= 11 is 1.88. The predicted molar refractivity (Wildman–Crippen MR) is 88.6 cm³/mol. The standard InChI is InChI=1S/C17H25NO2S/c1-2-21-12-13-6-8-15(9-7-13)17(20)18-11-14-4-3-5-16(19)10-14/h6-9,14,16,19H,2-5,10-12H2,1H3,(H,18,20). The fraction of sp³-hybridized carbons (Fsp3) is 0.588. The van der Waals surface area contributed by atoms with Gasteiger partial charge < -0.3 is 10.4 Å². The Morgan fingerprint density at radius 2 is 2.10 bits per heavy atom. The van der Waals surface area contributed by atoms with Crippen LogP contribution >= 0.6 is 11.8 Å². The lowest BCUT2D eigenvalue weighted by molar-refractivity contribution is 0.0874. The van der Waals surface area contributed by atoms with Crippen LogP contribution in [-0.2, 0) is 5.75 Å². The Morgan fingerprint density at radius 1 is 1.33 bits per heavy atom. The fourth-order valence-electron chi connectivity index (χ4n) is 2.76. The van der Waals surface area contributed by atoms with Crippen molar-refractivity contribution in [1.29, 1.82) is 0 Å². The minimum atomic E-state index is -0.184. The lowest BCUT2D eigenvalue weighted by Gasteiger charge is -2.25. The highest BCUT2D eigenvalue weighted by Gasteiger charge is 2.20. The van der Waals surface area contributed by atoms with Gasteiger partial charge in [0.2, 0.25) is 0 Å². The van der Waals surface area contributed by atoms with E-state index in [2.05, 4.69) is 12.2 Å². The van der Waals surface area contributed by atoms with Crippen LogP contribution in [-0.4, -0.2) is 29.4 Å². The summed E-state index contributed by atoms with van der Waals surface area (Å²) in [6, 6.07) is 7.86. The lowest BCUT2D eigenvalue weighted by Crippen LogP contribution is -2.32. The van der Waals surface area contributed by atoms with Gasteiger partial charge in [-0.1, -0.05) is 25.5 Å². The van der Waals surface area contributed by atoms with Gasteiger partial charge in [-0.3, -0.25) is 4.79 Å². The Labute approximate surface area is 131 Å². The van der Waals surface area contributed by atoms with E-state index in [1.165, 1.54) is 5.56 Å². The molecule has 1 aliphatic carbocycles. The molecule has 3 nitrogen and oxygen atoms in total. The Morgan fingerprint density at radius 3 is 2.76 bits per heavy atom. The van der Waals surface area contributed by atoms with Gasteiger partial charge in [-0.2, -0.15) is 11.8 Å². The molecule has 0 aliphatic heterocycles. The maximum Gasteiger partial charge on any atom is 0.251 e. The molecule has 2 rings (SSSR count). The highest BCUT2D eigenvalue weighted by molar-refractivity contribution is 7.98. The van der Waals surface area contributed by atoms with Crippen LogP contribution in [0.5, 0.6) is 0 Å². The Kier molecular flexibility index (Phi) is 6.58. The minimum absolute atomic E-state index is 0.00948. The van der Waals surface area contributed by atoms with E-state index in [0.717, 1.165) is 42.8 Å². The molecule has 1 saturated carbocycles. The third-order valence-electron chi connectivity index (χ3n) is 4.00. The number of aliphatic hydroxyl groups is 1. The third kappa shape index (κ3) is 5.36. The first kappa shape index (κ1) is 16.4. The number of rotatable bonds is 6. The van der Waals surface area contributed by atoms with Gasteiger partial charge in [0, 0.05) is 17.9 Å². The number of nitrogens with one attached hydrogen (secondary N) is 1. The van der Waals surface area contributed by atoms with Crippen molar-refractivity contribution in [1.82, 2.24) is 5.32 Å². The largest absolute Gasteiger partial charge is 0.393 e. The molecule has 1 aromatic carbocycles. The summed E-state index contributed by atoms with van der Waals surface area (Å²) in [4.78, 5) is 12.1. The molecule has 0 bridgehead atoms. The summed E-state index contributed by atoms with van der Waals surface area (Å²) in [7, 11) is 0. The van der Waals surface area contributed by atoms with E-state index in [1.54, 1.807) is 0 Å². The van der Waals surface area contributed by atoms with Crippen LogP contribution in [0.3, 0.4) is 0 Å². The van der Waals surface area contributed by atoms with Crippen LogP contribution in [0, 0.1) is 5.92 Å². The maximum atomic E-state index is 12.1. The molecule has 0 aromatic heterocycles. The van der Waals surface area contributed by atoms with Crippen LogP contribution in [0.1, 0.15) is 48.5 Å². The van der Waals surface area contributed by atoms with Gasteiger partial charge in [-0.25, -0.2) is 0 Å². The van der Waals surface area contributed by atoms with E-state index in [9.17, 15) is 9.90 Å². The predicted octanol–water partition coefficient (Wildman–Crippen LogP) is 3.22. The molecule has 21 heavy (non-hydrogen) atoms. The van der Waals surface area contributed by atoms with Crippen molar-refractivity contribution in [2.45, 2.75) is 44.5 Å². The summed E-state index contributed by atoms with van der Waals surface area (Å²) in [5, 5.41) is 12.6. The average molecular weight is 307 g/mol. The molecule has 1 aliphatic rings. The smallest absolute Gasteiger partial charge is 0.251 e. The van der Waals surface area contributed by atoms with E-state index in [1.807, 2.05) is 36.0 Å². The topological polar surface area (TPSA) is 49.3 Å². The van der Waals surface area contributed by atoms with Gasteiger partial charge in [0.15, 0.2) is 0 Å². The minimum Gasteiger partial charge on any atom is -0.393 e. The van der Waals surface area contributed by atoms with Crippen molar-refractivity contribution in [3.05, 3.63) is 35.4 Å². The van der Waals surface area contributed by atoms with Crippen molar-refractivity contribution in [2.75, 3.05) is 12.3 Å². The average Bonchev–Trinajstić information content (AvgIpc) is 2.51. The first-order valence-corrected chi connectivity index (χ1v) is 8.97. The monoisotopic (exact) mass is 307 g/mol. The normalized spacial score (nSPS) is 22.0. The van der Waals surface area contributed by atoms with Gasteiger partial charge in [0.05, 0.1) is 6.10 Å². The summed E-state index contributed by atoms with van der Waals surface area (Å²) in [5.41, 5.74) is 1.98. The van der Waals surface area contributed by atoms with Gasteiger partial charge in [-0.05, 0) is 48.6 Å². The van der Waals surface area contributed by atoms with Crippen LogP contribution in [0.25, 0.3) is 0 Å². The molecule has 1 amide bonds. The van der Waals surface area contributed by atoms with Gasteiger partial charge in [0.25, 0.3) is 5.91 Å². The first-order chi connectivity index (χ1) is 10.2. The van der Waals surface area contributed by atoms with Crippen LogP contribution in [0.15, 0.2) is 24.3 Å². The molecule has 1 aromatic rings. The lowest BCUT2D eigenvalue weighted by atomic mass is 9.87.